The van der Waals surface area contributed by atoms with Gasteiger partial charge in [0.05, 0.1) is 6.04 Å². The van der Waals surface area contributed by atoms with E-state index in [1.807, 2.05) is 18.2 Å². The molecule has 2 aliphatic heterocycles. The van der Waals surface area contributed by atoms with Crippen LogP contribution in [0.2, 0.25) is 0 Å². The summed E-state index contributed by atoms with van der Waals surface area (Å²) in [5.74, 6) is 1.34. The van der Waals surface area contributed by atoms with E-state index in [2.05, 4.69) is 39.8 Å². The van der Waals surface area contributed by atoms with Gasteiger partial charge in [0.2, 0.25) is 0 Å². The summed E-state index contributed by atoms with van der Waals surface area (Å²) in [7, 11) is 0. The van der Waals surface area contributed by atoms with Crippen LogP contribution in [-0.4, -0.2) is 47.9 Å². The quantitative estimate of drug-likeness (QED) is 0.597. The monoisotopic (exact) mass is 420 g/mol. The number of unbranched alkanes of at least 4 members (excludes halogenated alkanes) is 1. The number of rotatable bonds is 9. The largest absolute Gasteiger partial charge is 0.370 e. The number of benzene rings is 1. The van der Waals surface area contributed by atoms with E-state index in [1.165, 1.54) is 24.1 Å². The molecule has 3 heterocycles. The molecule has 0 radical (unpaired) electrons. The third-order valence-electron chi connectivity index (χ3n) is 6.64. The first kappa shape index (κ1) is 22.0. The number of nitrogens with one attached hydrogen (secondary N) is 2. The smallest absolute Gasteiger partial charge is 0.151 e. The predicted molar refractivity (Wildman–Crippen MR) is 126 cm³/mol. The molecule has 31 heavy (non-hydrogen) atoms. The van der Waals surface area contributed by atoms with Crippen LogP contribution in [0.25, 0.3) is 0 Å². The van der Waals surface area contributed by atoms with E-state index in [9.17, 15) is 4.79 Å². The molecule has 1 aromatic carbocycles. The van der Waals surface area contributed by atoms with Crippen LogP contribution in [-0.2, 0) is 17.6 Å². The second-order valence-corrected chi connectivity index (χ2v) is 8.99. The number of likely N-dealkylation sites (tertiary alicyclic amines) is 1. The Bertz CT molecular complexity index is 846. The standard InChI is InChI=1S/C26H36N4O/c1-20(31)25(21-8-3-2-4-9-21)30-18-14-23(15-19-30)27-16-6-5-11-24-13-12-22-10-7-17-28-26(22)29-24/h2-4,8-9,12-13,23,25,27H,5-7,10-11,14-19H2,1H3,(H,28,29)/t25-/m1/s1. The van der Waals surface area contributed by atoms with Gasteiger partial charge in [0.15, 0.2) is 5.78 Å². The van der Waals surface area contributed by atoms with Crippen molar-refractivity contribution in [1.29, 1.82) is 0 Å². The van der Waals surface area contributed by atoms with Crippen molar-refractivity contribution in [1.82, 2.24) is 15.2 Å². The highest BCUT2D eigenvalue weighted by molar-refractivity contribution is 5.82. The summed E-state index contributed by atoms with van der Waals surface area (Å²) in [6.07, 6.45) is 7.96. The number of hydrogen-bond donors (Lipinski definition) is 2. The lowest BCUT2D eigenvalue weighted by atomic mass is 9.97. The van der Waals surface area contributed by atoms with Gasteiger partial charge in [-0.2, -0.15) is 0 Å². The Kier molecular flexibility index (Phi) is 7.71. The highest BCUT2D eigenvalue weighted by atomic mass is 16.1. The maximum atomic E-state index is 12.3. The highest BCUT2D eigenvalue weighted by Crippen LogP contribution is 2.25. The van der Waals surface area contributed by atoms with Crippen molar-refractivity contribution < 1.29 is 4.79 Å². The lowest BCUT2D eigenvalue weighted by Crippen LogP contribution is -2.45. The van der Waals surface area contributed by atoms with Gasteiger partial charge < -0.3 is 10.6 Å². The number of Topliss-reactive ketones (excluding diaryl/α,β-unsaturated/α-hetero) is 1. The molecule has 0 bridgehead atoms. The molecule has 2 aromatic rings. The number of pyridine rings is 1. The van der Waals surface area contributed by atoms with Crippen LogP contribution in [0.15, 0.2) is 42.5 Å². The zero-order valence-corrected chi connectivity index (χ0v) is 18.8. The lowest BCUT2D eigenvalue weighted by molar-refractivity contribution is -0.122. The van der Waals surface area contributed by atoms with Gasteiger partial charge in [-0.05, 0) is 75.6 Å². The molecule has 0 unspecified atom stereocenters. The lowest BCUT2D eigenvalue weighted by Gasteiger charge is -2.37. The molecule has 0 spiro atoms. The SMILES string of the molecule is CC(=O)[C@H](c1ccccc1)N1CCC(NCCCCc2ccc3c(n2)NCCC3)CC1. The third-order valence-corrected chi connectivity index (χ3v) is 6.64. The number of aromatic nitrogens is 1. The zero-order valence-electron chi connectivity index (χ0n) is 18.8. The topological polar surface area (TPSA) is 57.3 Å². The molecular weight excluding hydrogens is 384 g/mol. The molecule has 0 aliphatic carbocycles. The van der Waals surface area contributed by atoms with E-state index < -0.39 is 0 Å². The van der Waals surface area contributed by atoms with Gasteiger partial charge in [-0.15, -0.1) is 0 Å². The van der Waals surface area contributed by atoms with Gasteiger partial charge in [-0.25, -0.2) is 4.98 Å². The number of fused-ring (bicyclic) bond motifs is 1. The fourth-order valence-electron chi connectivity index (χ4n) is 4.95. The second kappa shape index (κ2) is 10.9. The first-order chi connectivity index (χ1) is 15.2. The number of aryl methyl sites for hydroxylation is 2. The first-order valence-corrected chi connectivity index (χ1v) is 12.0. The number of carbonyl (C=O) groups excluding carboxylic acids is 1. The minimum Gasteiger partial charge on any atom is -0.370 e. The summed E-state index contributed by atoms with van der Waals surface area (Å²) in [5, 5.41) is 7.17. The summed E-state index contributed by atoms with van der Waals surface area (Å²) in [6, 6.07) is 15.1. The van der Waals surface area contributed by atoms with Gasteiger partial charge in [0, 0.05) is 31.4 Å². The summed E-state index contributed by atoms with van der Waals surface area (Å²) < 4.78 is 0. The molecule has 4 rings (SSSR count). The van der Waals surface area contributed by atoms with E-state index in [0.29, 0.717) is 6.04 Å². The summed E-state index contributed by atoms with van der Waals surface area (Å²) in [6.45, 7) is 5.77. The van der Waals surface area contributed by atoms with E-state index >= 15 is 0 Å². The Morgan fingerprint density at radius 3 is 2.74 bits per heavy atom. The van der Waals surface area contributed by atoms with Gasteiger partial charge in [-0.3, -0.25) is 9.69 Å². The van der Waals surface area contributed by atoms with Crippen molar-refractivity contribution in [2.75, 3.05) is 31.5 Å². The van der Waals surface area contributed by atoms with E-state index in [0.717, 1.165) is 69.7 Å². The molecule has 5 nitrogen and oxygen atoms in total. The predicted octanol–water partition coefficient (Wildman–Crippen LogP) is 4.15. The van der Waals surface area contributed by atoms with Crippen molar-refractivity contribution in [3.05, 3.63) is 59.3 Å². The van der Waals surface area contributed by atoms with Gasteiger partial charge >= 0.3 is 0 Å². The number of carbonyl (C=O) groups is 1. The maximum Gasteiger partial charge on any atom is 0.151 e. The fourth-order valence-corrected chi connectivity index (χ4v) is 4.95. The van der Waals surface area contributed by atoms with Crippen LogP contribution in [0.5, 0.6) is 0 Å². The Hall–Kier alpha value is -2.24. The summed E-state index contributed by atoms with van der Waals surface area (Å²) in [4.78, 5) is 19.5. The number of hydrogen-bond acceptors (Lipinski definition) is 5. The minimum absolute atomic E-state index is 0.0965. The molecule has 1 atom stereocenters. The van der Waals surface area contributed by atoms with E-state index in [4.69, 9.17) is 4.98 Å². The molecule has 166 valence electrons. The number of ketones is 1. The average molecular weight is 421 g/mol. The number of anilines is 1. The highest BCUT2D eigenvalue weighted by Gasteiger charge is 2.28. The first-order valence-electron chi connectivity index (χ1n) is 12.0. The van der Waals surface area contributed by atoms with Crippen LogP contribution in [0.3, 0.4) is 0 Å². The molecular formula is C26H36N4O. The van der Waals surface area contributed by atoms with Crippen LogP contribution < -0.4 is 10.6 Å². The zero-order chi connectivity index (χ0) is 21.5. The molecule has 2 N–H and O–H groups in total. The maximum absolute atomic E-state index is 12.3. The van der Waals surface area contributed by atoms with Crippen LogP contribution in [0.1, 0.15) is 61.9 Å². The Labute approximate surface area is 186 Å². The van der Waals surface area contributed by atoms with E-state index in [-0.39, 0.29) is 11.8 Å². The van der Waals surface area contributed by atoms with Crippen LogP contribution >= 0.6 is 0 Å². The fraction of sp³-hybridized carbons (Fsp3) is 0.538. The normalized spacial score (nSPS) is 18.2. The van der Waals surface area contributed by atoms with Crippen molar-refractivity contribution in [3.63, 3.8) is 0 Å². The van der Waals surface area contributed by atoms with Crippen LogP contribution in [0.4, 0.5) is 5.82 Å². The van der Waals surface area contributed by atoms with Crippen molar-refractivity contribution >= 4 is 11.6 Å². The van der Waals surface area contributed by atoms with Gasteiger partial charge in [0.25, 0.3) is 0 Å². The molecule has 0 amide bonds. The van der Waals surface area contributed by atoms with Crippen LogP contribution in [0, 0.1) is 0 Å². The molecule has 1 fully saturated rings. The minimum atomic E-state index is -0.0965. The van der Waals surface area contributed by atoms with Crippen molar-refractivity contribution in [2.45, 2.75) is 64.0 Å². The third kappa shape index (κ3) is 5.92. The van der Waals surface area contributed by atoms with Gasteiger partial charge in [0.1, 0.15) is 5.82 Å². The Morgan fingerprint density at radius 1 is 1.16 bits per heavy atom. The molecule has 2 aliphatic rings. The van der Waals surface area contributed by atoms with E-state index in [1.54, 1.807) is 6.92 Å². The Balaban J connectivity index is 1.16. The summed E-state index contributed by atoms with van der Waals surface area (Å²) in [5.41, 5.74) is 3.69. The number of piperidine rings is 1. The van der Waals surface area contributed by atoms with Crippen molar-refractivity contribution in [2.24, 2.45) is 0 Å². The average Bonchev–Trinajstić information content (AvgIpc) is 2.80. The molecule has 1 saturated heterocycles. The molecule has 1 aromatic heterocycles. The molecule has 0 saturated carbocycles. The van der Waals surface area contributed by atoms with Crippen molar-refractivity contribution in [3.8, 4) is 0 Å². The number of nitrogens with zero attached hydrogens (tertiary/aromatic N) is 2. The second-order valence-electron chi connectivity index (χ2n) is 8.99. The molecule has 5 heteroatoms. The summed E-state index contributed by atoms with van der Waals surface area (Å²) >= 11 is 0. The van der Waals surface area contributed by atoms with Gasteiger partial charge in [-0.1, -0.05) is 36.4 Å². The Morgan fingerprint density at radius 2 is 1.97 bits per heavy atom.